The lowest BCUT2D eigenvalue weighted by atomic mass is 10.1. The van der Waals surface area contributed by atoms with Crippen LogP contribution in [0.25, 0.3) is 0 Å². The molecule has 1 rings (SSSR count). The minimum Gasteiger partial charge on any atom is -0.481 e. The Morgan fingerprint density at radius 1 is 1.22 bits per heavy atom. The van der Waals surface area contributed by atoms with Crippen molar-refractivity contribution in [1.29, 1.82) is 0 Å². The van der Waals surface area contributed by atoms with Crippen molar-refractivity contribution in [2.24, 2.45) is 0 Å². The molecule has 0 aromatic heterocycles. The molecule has 0 unspecified atom stereocenters. The van der Waals surface area contributed by atoms with Crippen LogP contribution in [0.2, 0.25) is 10.0 Å². The molecule has 0 fully saturated rings. The molecule has 0 bridgehead atoms. The van der Waals surface area contributed by atoms with E-state index in [1.165, 1.54) is 0 Å². The molecule has 0 aliphatic carbocycles. The Hall–Kier alpha value is -2.39. The summed E-state index contributed by atoms with van der Waals surface area (Å²) in [5.41, 5.74) is -0.766. The number of carboxylic acid groups (broad SMARTS) is 2. The molecule has 3 N–H and O–H groups in total. The predicted molar refractivity (Wildman–Crippen MR) is 78.9 cm³/mol. The highest BCUT2D eigenvalue weighted by Gasteiger charge is 2.25. The molecule has 23 heavy (non-hydrogen) atoms. The second-order valence-electron chi connectivity index (χ2n) is 4.34. The fraction of sp³-hybridized carbons (Fsp3) is 0.250. The van der Waals surface area contributed by atoms with Crippen molar-refractivity contribution in [2.45, 2.75) is 18.9 Å². The van der Waals surface area contributed by atoms with Crippen LogP contribution in [0.5, 0.6) is 0 Å². The average molecular weight is 365 g/mol. The van der Waals surface area contributed by atoms with Gasteiger partial charge in [0.25, 0.3) is 11.6 Å². The van der Waals surface area contributed by atoms with E-state index >= 15 is 0 Å². The number of benzene rings is 1. The summed E-state index contributed by atoms with van der Waals surface area (Å²) in [5, 5.41) is 29.7. The quantitative estimate of drug-likeness (QED) is 0.494. The van der Waals surface area contributed by atoms with Gasteiger partial charge in [-0.25, -0.2) is 4.79 Å². The van der Waals surface area contributed by atoms with E-state index in [-0.39, 0.29) is 22.0 Å². The lowest BCUT2D eigenvalue weighted by Crippen LogP contribution is -2.41. The molecule has 0 aliphatic rings. The van der Waals surface area contributed by atoms with E-state index in [2.05, 4.69) is 5.32 Å². The number of hydrogen-bond donors (Lipinski definition) is 3. The first kappa shape index (κ1) is 18.7. The van der Waals surface area contributed by atoms with Crippen LogP contribution in [0.4, 0.5) is 5.69 Å². The zero-order valence-corrected chi connectivity index (χ0v) is 12.8. The lowest BCUT2D eigenvalue weighted by Gasteiger charge is -2.14. The number of aliphatic carboxylic acids is 2. The summed E-state index contributed by atoms with van der Waals surface area (Å²) in [7, 11) is 0. The van der Waals surface area contributed by atoms with Gasteiger partial charge in [0.05, 0.1) is 15.5 Å². The van der Waals surface area contributed by atoms with Gasteiger partial charge >= 0.3 is 11.9 Å². The Balaban J connectivity index is 3.00. The van der Waals surface area contributed by atoms with Crippen molar-refractivity contribution < 1.29 is 29.5 Å². The summed E-state index contributed by atoms with van der Waals surface area (Å²) in [6.07, 6.45) is -0.805. The Morgan fingerprint density at radius 2 is 1.83 bits per heavy atom. The Morgan fingerprint density at radius 3 is 2.30 bits per heavy atom. The van der Waals surface area contributed by atoms with E-state index < -0.39 is 40.9 Å². The SMILES string of the molecule is O=C(O)CC[C@H](NC(=O)c1cc(Cl)c([N+](=O)[O-])cc1Cl)C(=O)O. The zero-order chi connectivity index (χ0) is 17.7. The number of rotatable bonds is 7. The van der Waals surface area contributed by atoms with Crippen LogP contribution in [0.1, 0.15) is 23.2 Å². The van der Waals surface area contributed by atoms with Crippen LogP contribution in [0.3, 0.4) is 0 Å². The molecule has 1 aromatic carbocycles. The first-order valence-corrected chi connectivity index (χ1v) is 6.78. The van der Waals surface area contributed by atoms with Gasteiger partial charge in [-0.3, -0.25) is 19.7 Å². The number of nitrogens with zero attached hydrogens (tertiary/aromatic N) is 1. The molecule has 1 atom stereocenters. The summed E-state index contributed by atoms with van der Waals surface area (Å²) < 4.78 is 0. The Labute approximate surface area is 139 Å². The summed E-state index contributed by atoms with van der Waals surface area (Å²) in [6, 6.07) is 0.350. The van der Waals surface area contributed by atoms with E-state index in [0.29, 0.717) is 0 Å². The first-order valence-electron chi connectivity index (χ1n) is 6.02. The summed E-state index contributed by atoms with van der Waals surface area (Å²) in [6.45, 7) is 0. The monoisotopic (exact) mass is 364 g/mol. The second-order valence-corrected chi connectivity index (χ2v) is 5.15. The number of halogens is 2. The molecule has 124 valence electrons. The largest absolute Gasteiger partial charge is 0.481 e. The van der Waals surface area contributed by atoms with Crippen molar-refractivity contribution in [1.82, 2.24) is 5.32 Å². The third-order valence-corrected chi connectivity index (χ3v) is 3.34. The molecule has 0 spiro atoms. The standard InChI is InChI=1S/C12H10Cl2N2O7/c13-6-4-9(16(22)23)7(14)3-5(6)11(19)15-8(12(20)21)1-2-10(17)18/h3-4,8H,1-2H2,(H,15,19)(H,17,18)(H,20,21)/t8-/m0/s1. The maximum absolute atomic E-state index is 12.0. The van der Waals surface area contributed by atoms with Gasteiger partial charge in [-0.2, -0.15) is 0 Å². The summed E-state index contributed by atoms with van der Waals surface area (Å²) in [4.78, 5) is 43.4. The topological polar surface area (TPSA) is 147 Å². The van der Waals surface area contributed by atoms with Gasteiger partial charge in [0.1, 0.15) is 11.1 Å². The minimum absolute atomic E-state index is 0.260. The van der Waals surface area contributed by atoms with Gasteiger partial charge in [-0.15, -0.1) is 0 Å². The number of carbonyl (C=O) groups is 3. The van der Waals surface area contributed by atoms with Crippen molar-refractivity contribution >= 4 is 46.7 Å². The number of amides is 1. The molecular formula is C12H10Cl2N2O7. The van der Waals surface area contributed by atoms with Crippen LogP contribution in [0, 0.1) is 10.1 Å². The van der Waals surface area contributed by atoms with Gasteiger partial charge in [-0.1, -0.05) is 23.2 Å². The molecule has 0 saturated heterocycles. The van der Waals surface area contributed by atoms with E-state index in [1.54, 1.807) is 0 Å². The normalized spacial score (nSPS) is 11.6. The predicted octanol–water partition coefficient (Wildman–Crippen LogP) is 1.95. The molecule has 0 aliphatic heterocycles. The average Bonchev–Trinajstić information content (AvgIpc) is 2.44. The molecule has 11 heteroatoms. The van der Waals surface area contributed by atoms with Gasteiger partial charge in [0.15, 0.2) is 0 Å². The number of carbonyl (C=O) groups excluding carboxylic acids is 1. The van der Waals surface area contributed by atoms with Crippen LogP contribution in [-0.2, 0) is 9.59 Å². The van der Waals surface area contributed by atoms with Crippen molar-refractivity contribution in [3.05, 3.63) is 37.9 Å². The fourth-order valence-corrected chi connectivity index (χ4v) is 2.09. The molecule has 0 saturated carbocycles. The summed E-state index contributed by atoms with van der Waals surface area (Å²) in [5.74, 6) is -3.59. The number of nitrogens with one attached hydrogen (secondary N) is 1. The zero-order valence-electron chi connectivity index (χ0n) is 11.3. The van der Waals surface area contributed by atoms with Gasteiger partial charge in [-0.05, 0) is 12.5 Å². The minimum atomic E-state index is -1.45. The number of carboxylic acids is 2. The van der Waals surface area contributed by atoms with E-state index in [4.69, 9.17) is 33.4 Å². The molecule has 0 heterocycles. The van der Waals surface area contributed by atoms with Gasteiger partial charge < -0.3 is 15.5 Å². The Kier molecular flexibility index (Phi) is 6.28. The second kappa shape index (κ2) is 7.75. The van der Waals surface area contributed by atoms with Crippen LogP contribution >= 0.6 is 23.2 Å². The number of nitro benzene ring substituents is 1. The molecule has 0 radical (unpaired) electrons. The van der Waals surface area contributed by atoms with Gasteiger partial charge in [0.2, 0.25) is 0 Å². The molecular weight excluding hydrogens is 355 g/mol. The van der Waals surface area contributed by atoms with Gasteiger partial charge in [0, 0.05) is 12.5 Å². The smallest absolute Gasteiger partial charge is 0.326 e. The first-order chi connectivity index (χ1) is 10.6. The van der Waals surface area contributed by atoms with Crippen molar-refractivity contribution in [3.63, 3.8) is 0 Å². The highest BCUT2D eigenvalue weighted by molar-refractivity contribution is 6.37. The number of hydrogen-bond acceptors (Lipinski definition) is 5. The third kappa shape index (κ3) is 5.08. The van der Waals surface area contributed by atoms with Crippen molar-refractivity contribution in [2.75, 3.05) is 0 Å². The molecule has 1 aromatic rings. The maximum Gasteiger partial charge on any atom is 0.326 e. The molecule has 9 nitrogen and oxygen atoms in total. The fourth-order valence-electron chi connectivity index (χ4n) is 1.61. The van der Waals surface area contributed by atoms with E-state index in [9.17, 15) is 24.5 Å². The highest BCUT2D eigenvalue weighted by atomic mass is 35.5. The maximum atomic E-state index is 12.0. The van der Waals surface area contributed by atoms with Crippen LogP contribution in [0.15, 0.2) is 12.1 Å². The molecule has 1 amide bonds. The highest BCUT2D eigenvalue weighted by Crippen LogP contribution is 2.30. The summed E-state index contributed by atoms with van der Waals surface area (Å²) >= 11 is 11.4. The third-order valence-electron chi connectivity index (χ3n) is 2.73. The Bertz CT molecular complexity index is 678. The van der Waals surface area contributed by atoms with E-state index in [0.717, 1.165) is 12.1 Å². The van der Waals surface area contributed by atoms with E-state index in [1.807, 2.05) is 0 Å². The van der Waals surface area contributed by atoms with Crippen molar-refractivity contribution in [3.8, 4) is 0 Å². The lowest BCUT2D eigenvalue weighted by molar-refractivity contribution is -0.384. The van der Waals surface area contributed by atoms with Crippen LogP contribution < -0.4 is 5.32 Å². The number of nitro groups is 1. The van der Waals surface area contributed by atoms with Crippen LogP contribution in [-0.4, -0.2) is 39.0 Å².